The summed E-state index contributed by atoms with van der Waals surface area (Å²) in [6.07, 6.45) is -1.80. The van der Waals surface area contributed by atoms with Crippen LogP contribution in [0.2, 0.25) is 0 Å². The summed E-state index contributed by atoms with van der Waals surface area (Å²) in [6.45, 7) is 3.84. The first-order chi connectivity index (χ1) is 9.31. The Bertz CT molecular complexity index is 318. The number of hydrogen-bond acceptors (Lipinski definition) is 1. The van der Waals surface area contributed by atoms with E-state index in [2.05, 4.69) is 6.92 Å². The molecule has 2 rings (SSSR count). The van der Waals surface area contributed by atoms with Gasteiger partial charge < -0.3 is 4.74 Å². The number of hydrogen-bond donors (Lipinski definition) is 0. The number of rotatable bonds is 3. The number of ether oxygens (including phenoxy) is 1. The van der Waals surface area contributed by atoms with E-state index < -0.39 is 29.7 Å². The van der Waals surface area contributed by atoms with E-state index in [9.17, 15) is 13.2 Å². The molecule has 0 bridgehead atoms. The largest absolute Gasteiger partial charge is 0.358 e. The Morgan fingerprint density at radius 2 is 1.60 bits per heavy atom. The van der Waals surface area contributed by atoms with E-state index in [-0.39, 0.29) is 5.92 Å². The van der Waals surface area contributed by atoms with Gasteiger partial charge in [0.05, 0.1) is 17.4 Å². The average molecular weight is 313 g/mol. The van der Waals surface area contributed by atoms with Crippen molar-refractivity contribution in [1.82, 2.24) is 0 Å². The van der Waals surface area contributed by atoms with Crippen LogP contribution in [0.25, 0.3) is 0 Å². The zero-order valence-electron chi connectivity index (χ0n) is 12.1. The second kappa shape index (κ2) is 6.43. The van der Waals surface area contributed by atoms with Crippen molar-refractivity contribution in [1.29, 1.82) is 0 Å². The predicted molar refractivity (Wildman–Crippen MR) is 73.9 cm³/mol. The van der Waals surface area contributed by atoms with Gasteiger partial charge in [0.15, 0.2) is 0 Å². The van der Waals surface area contributed by atoms with Crippen LogP contribution in [0.3, 0.4) is 0 Å². The normalized spacial score (nSPS) is 43.5. The van der Waals surface area contributed by atoms with Crippen molar-refractivity contribution in [2.24, 2.45) is 17.8 Å². The van der Waals surface area contributed by atoms with Crippen molar-refractivity contribution in [3.05, 3.63) is 0 Å². The molecule has 0 N–H and O–H groups in total. The van der Waals surface area contributed by atoms with E-state index >= 15 is 0 Å². The second-order valence-electron chi connectivity index (χ2n) is 6.62. The van der Waals surface area contributed by atoms with Gasteiger partial charge in [0, 0.05) is 0 Å². The highest BCUT2D eigenvalue weighted by atomic mass is 35.5. The van der Waals surface area contributed by atoms with Gasteiger partial charge in [-0.25, -0.2) is 4.39 Å². The van der Waals surface area contributed by atoms with Crippen LogP contribution < -0.4 is 0 Å². The van der Waals surface area contributed by atoms with Crippen molar-refractivity contribution >= 4 is 11.6 Å². The molecule has 4 atom stereocenters. The van der Waals surface area contributed by atoms with Crippen molar-refractivity contribution in [2.45, 2.75) is 76.1 Å². The fourth-order valence-corrected chi connectivity index (χ4v) is 3.71. The van der Waals surface area contributed by atoms with Gasteiger partial charge in [0.25, 0.3) is 0 Å². The topological polar surface area (TPSA) is 9.23 Å². The SMILES string of the molecule is CC1CCC(C(F)(F)OC2CCC(C)C(F)C2Cl)CC1. The van der Waals surface area contributed by atoms with Gasteiger partial charge >= 0.3 is 6.11 Å². The molecule has 0 amide bonds. The van der Waals surface area contributed by atoms with E-state index in [1.165, 1.54) is 0 Å². The van der Waals surface area contributed by atoms with Crippen LogP contribution in [0.5, 0.6) is 0 Å². The van der Waals surface area contributed by atoms with Gasteiger partial charge in [-0.2, -0.15) is 8.78 Å². The summed E-state index contributed by atoms with van der Waals surface area (Å²) in [7, 11) is 0. The Morgan fingerprint density at radius 1 is 1.00 bits per heavy atom. The van der Waals surface area contributed by atoms with E-state index in [0.717, 1.165) is 12.8 Å². The van der Waals surface area contributed by atoms with Gasteiger partial charge in [-0.15, -0.1) is 11.6 Å². The fraction of sp³-hybridized carbons (Fsp3) is 1.00. The van der Waals surface area contributed by atoms with Crippen LogP contribution in [0.4, 0.5) is 13.2 Å². The average Bonchev–Trinajstić information content (AvgIpc) is 2.40. The molecule has 2 saturated carbocycles. The first-order valence-electron chi connectivity index (χ1n) is 7.65. The predicted octanol–water partition coefficient (Wildman–Crippen LogP) is 5.17. The highest BCUT2D eigenvalue weighted by Crippen LogP contribution is 2.42. The molecule has 2 fully saturated rings. The molecule has 20 heavy (non-hydrogen) atoms. The van der Waals surface area contributed by atoms with Crippen LogP contribution in [0.1, 0.15) is 52.4 Å². The summed E-state index contributed by atoms with van der Waals surface area (Å²) >= 11 is 5.96. The summed E-state index contributed by atoms with van der Waals surface area (Å²) in [6, 6.07) is 0. The maximum absolute atomic E-state index is 14.2. The zero-order chi connectivity index (χ0) is 14.9. The Hall–Kier alpha value is 0.0400. The first kappa shape index (κ1) is 16.4. The minimum atomic E-state index is -3.18. The molecule has 2 aliphatic carbocycles. The summed E-state index contributed by atoms with van der Waals surface area (Å²) < 4.78 is 47.2. The summed E-state index contributed by atoms with van der Waals surface area (Å²) in [5, 5.41) is -0.966. The van der Waals surface area contributed by atoms with Crippen LogP contribution in [0.15, 0.2) is 0 Å². The minimum absolute atomic E-state index is 0.179. The molecule has 118 valence electrons. The lowest BCUT2D eigenvalue weighted by molar-refractivity contribution is -0.302. The van der Waals surface area contributed by atoms with Crippen molar-refractivity contribution in [2.75, 3.05) is 0 Å². The van der Waals surface area contributed by atoms with E-state index in [1.807, 2.05) is 0 Å². The van der Waals surface area contributed by atoms with Gasteiger partial charge in [0.1, 0.15) is 6.17 Å². The third kappa shape index (κ3) is 3.62. The molecule has 0 aromatic carbocycles. The maximum Gasteiger partial charge on any atom is 0.358 e. The van der Waals surface area contributed by atoms with Crippen LogP contribution in [-0.2, 0) is 4.74 Å². The van der Waals surface area contributed by atoms with Crippen LogP contribution in [0, 0.1) is 17.8 Å². The van der Waals surface area contributed by atoms with Crippen LogP contribution >= 0.6 is 11.6 Å². The van der Waals surface area contributed by atoms with E-state index in [1.54, 1.807) is 6.92 Å². The quantitative estimate of drug-likeness (QED) is 0.654. The molecule has 4 unspecified atom stereocenters. The fourth-order valence-electron chi connectivity index (χ4n) is 3.28. The molecule has 0 saturated heterocycles. The lowest BCUT2D eigenvalue weighted by Gasteiger charge is -2.39. The minimum Gasteiger partial charge on any atom is -0.315 e. The van der Waals surface area contributed by atoms with Crippen LogP contribution in [-0.4, -0.2) is 23.8 Å². The monoisotopic (exact) mass is 312 g/mol. The van der Waals surface area contributed by atoms with E-state index in [4.69, 9.17) is 16.3 Å². The molecular weight excluding hydrogens is 289 g/mol. The Morgan fingerprint density at radius 3 is 2.20 bits per heavy atom. The van der Waals surface area contributed by atoms with Crippen molar-refractivity contribution in [3.63, 3.8) is 0 Å². The highest BCUT2D eigenvalue weighted by Gasteiger charge is 2.47. The number of alkyl halides is 4. The molecule has 2 aliphatic rings. The third-order valence-electron chi connectivity index (χ3n) is 4.91. The molecule has 1 nitrogen and oxygen atoms in total. The molecule has 0 spiro atoms. The lowest BCUT2D eigenvalue weighted by atomic mass is 9.82. The zero-order valence-corrected chi connectivity index (χ0v) is 12.9. The molecule has 0 aromatic rings. The third-order valence-corrected chi connectivity index (χ3v) is 5.43. The Kier molecular flexibility index (Phi) is 5.28. The summed E-state index contributed by atoms with van der Waals surface area (Å²) in [5.41, 5.74) is 0. The molecule has 5 heteroatoms. The number of halogens is 4. The maximum atomic E-state index is 14.2. The Balaban J connectivity index is 1.94. The van der Waals surface area contributed by atoms with Gasteiger partial charge in [0.2, 0.25) is 0 Å². The molecule has 0 aromatic heterocycles. The Labute approximate surface area is 124 Å². The summed E-state index contributed by atoms with van der Waals surface area (Å²) in [5.74, 6) is -0.421. The molecule has 0 radical (unpaired) electrons. The molecule has 0 aliphatic heterocycles. The van der Waals surface area contributed by atoms with E-state index in [0.29, 0.717) is 31.6 Å². The highest BCUT2D eigenvalue weighted by molar-refractivity contribution is 6.21. The lowest BCUT2D eigenvalue weighted by Crippen LogP contribution is -2.46. The van der Waals surface area contributed by atoms with Crippen molar-refractivity contribution < 1.29 is 17.9 Å². The van der Waals surface area contributed by atoms with Gasteiger partial charge in [-0.3, -0.25) is 0 Å². The van der Waals surface area contributed by atoms with Gasteiger partial charge in [-0.05, 0) is 37.5 Å². The summed E-state index contributed by atoms with van der Waals surface area (Å²) in [4.78, 5) is 0. The second-order valence-corrected chi connectivity index (χ2v) is 7.12. The standard InChI is InChI=1S/C15H24ClF3O/c1-9-3-6-11(7-4-9)15(18,19)20-12-8-5-10(2)14(17)13(12)16/h9-14H,3-8H2,1-2H3. The molecule has 0 heterocycles. The van der Waals surface area contributed by atoms with Gasteiger partial charge in [-0.1, -0.05) is 26.7 Å². The van der Waals surface area contributed by atoms with Crippen molar-refractivity contribution in [3.8, 4) is 0 Å². The smallest absolute Gasteiger partial charge is 0.315 e. The first-order valence-corrected chi connectivity index (χ1v) is 8.08. The molecular formula is C15H24ClF3O.